The van der Waals surface area contributed by atoms with E-state index in [-0.39, 0.29) is 5.66 Å². The average Bonchev–Trinajstić information content (AvgIpc) is 2.68. The molecule has 1 nitrogen and oxygen atoms in total. The highest BCUT2D eigenvalue weighted by Crippen LogP contribution is 2.56. The second kappa shape index (κ2) is 7.20. The van der Waals surface area contributed by atoms with Crippen LogP contribution < -0.4 is 10.6 Å². The third-order valence-electron chi connectivity index (χ3n) is 4.70. The number of hydrogen-bond donors (Lipinski definition) is 0. The minimum atomic E-state index is -2.76. The summed E-state index contributed by atoms with van der Waals surface area (Å²) in [7, 11) is -2.76. The summed E-state index contributed by atoms with van der Waals surface area (Å²) in [5.41, 5.74) is 2.37. The lowest BCUT2D eigenvalue weighted by Gasteiger charge is -2.26. The zero-order valence-electron chi connectivity index (χ0n) is 14.2. The van der Waals surface area contributed by atoms with E-state index < -0.39 is 7.14 Å². The maximum absolute atomic E-state index is 14.3. The van der Waals surface area contributed by atoms with Crippen molar-refractivity contribution in [2.75, 3.05) is 0 Å². The highest BCUT2D eigenvalue weighted by molar-refractivity contribution is 7.79. The van der Waals surface area contributed by atoms with Crippen molar-refractivity contribution in [2.45, 2.75) is 25.9 Å². The van der Waals surface area contributed by atoms with Crippen LogP contribution in [0.5, 0.6) is 0 Å². The molecule has 122 valence electrons. The molecule has 3 rings (SSSR count). The van der Waals surface area contributed by atoms with Gasteiger partial charge in [0, 0.05) is 16.3 Å². The molecule has 1 unspecified atom stereocenters. The Morgan fingerprint density at radius 2 is 1.21 bits per heavy atom. The molecule has 1 atom stereocenters. The zero-order chi connectivity index (χ0) is 17.0. The van der Waals surface area contributed by atoms with Crippen molar-refractivity contribution >= 4 is 17.8 Å². The molecule has 0 spiro atoms. The van der Waals surface area contributed by atoms with Crippen LogP contribution in [0.1, 0.15) is 30.6 Å². The Balaban J connectivity index is 2.12. The van der Waals surface area contributed by atoms with Crippen LogP contribution in [0.3, 0.4) is 0 Å². The van der Waals surface area contributed by atoms with Crippen LogP contribution in [0.15, 0.2) is 84.9 Å². The van der Waals surface area contributed by atoms with Gasteiger partial charge in [-0.05, 0) is 17.5 Å². The Kier molecular flexibility index (Phi) is 5.02. The molecular weight excluding hydrogens is 311 g/mol. The standard InChI is InChI=1S/C22H23OP/c1-3-19-14-16-20(17-15-19)18(2)24(23,21-10-6-4-7-11-21)22-12-8-5-9-13-22/h4-18H,3H2,1-2H3. The smallest absolute Gasteiger partial charge is 0.150 e. The Labute approximate surface area is 144 Å². The summed E-state index contributed by atoms with van der Waals surface area (Å²) in [4.78, 5) is 0. The molecule has 0 saturated carbocycles. The summed E-state index contributed by atoms with van der Waals surface area (Å²) in [5, 5.41) is 1.84. The van der Waals surface area contributed by atoms with Crippen LogP contribution in [0, 0.1) is 0 Å². The fourth-order valence-corrected chi connectivity index (χ4v) is 6.15. The third-order valence-corrected chi connectivity index (χ3v) is 8.21. The normalized spacial score (nSPS) is 12.8. The van der Waals surface area contributed by atoms with E-state index >= 15 is 0 Å². The van der Waals surface area contributed by atoms with Gasteiger partial charge in [0.1, 0.15) is 7.14 Å². The molecule has 0 aliphatic rings. The van der Waals surface area contributed by atoms with Crippen LogP contribution in [0.2, 0.25) is 0 Å². The van der Waals surface area contributed by atoms with E-state index in [9.17, 15) is 4.57 Å². The maximum Gasteiger partial charge on any atom is 0.150 e. The Bertz CT molecular complexity index is 779. The third kappa shape index (κ3) is 3.09. The molecule has 2 heteroatoms. The van der Waals surface area contributed by atoms with Gasteiger partial charge in [0.25, 0.3) is 0 Å². The lowest BCUT2D eigenvalue weighted by atomic mass is 10.1. The molecule has 0 fully saturated rings. The second-order valence-electron chi connectivity index (χ2n) is 6.10. The first-order valence-electron chi connectivity index (χ1n) is 8.46. The largest absolute Gasteiger partial charge is 0.313 e. The minimum absolute atomic E-state index is 0.0618. The van der Waals surface area contributed by atoms with E-state index in [0.717, 1.165) is 22.6 Å². The predicted molar refractivity (Wildman–Crippen MR) is 104 cm³/mol. The Morgan fingerprint density at radius 1 is 0.750 bits per heavy atom. The van der Waals surface area contributed by atoms with Crippen molar-refractivity contribution in [1.29, 1.82) is 0 Å². The van der Waals surface area contributed by atoms with Gasteiger partial charge in [-0.1, -0.05) is 98.8 Å². The topological polar surface area (TPSA) is 17.1 Å². The van der Waals surface area contributed by atoms with E-state index in [2.05, 4.69) is 38.1 Å². The first-order valence-corrected chi connectivity index (χ1v) is 10.2. The highest BCUT2D eigenvalue weighted by Gasteiger charge is 2.34. The minimum Gasteiger partial charge on any atom is -0.313 e. The van der Waals surface area contributed by atoms with Gasteiger partial charge in [0.2, 0.25) is 0 Å². The second-order valence-corrected chi connectivity index (χ2v) is 9.22. The fourth-order valence-electron chi connectivity index (χ4n) is 3.14. The number of benzene rings is 3. The summed E-state index contributed by atoms with van der Waals surface area (Å²) in [6.07, 6.45) is 1.02. The van der Waals surface area contributed by atoms with Gasteiger partial charge in [-0.15, -0.1) is 0 Å². The molecule has 3 aromatic carbocycles. The lowest BCUT2D eigenvalue weighted by Crippen LogP contribution is -2.20. The van der Waals surface area contributed by atoms with Gasteiger partial charge in [-0.25, -0.2) is 0 Å². The molecule has 0 aliphatic heterocycles. The van der Waals surface area contributed by atoms with Crippen molar-refractivity contribution in [3.63, 3.8) is 0 Å². The maximum atomic E-state index is 14.3. The van der Waals surface area contributed by atoms with Crippen molar-refractivity contribution in [3.05, 3.63) is 96.1 Å². The summed E-state index contributed by atoms with van der Waals surface area (Å²) in [6.45, 7) is 4.24. The number of hydrogen-bond acceptors (Lipinski definition) is 1. The van der Waals surface area contributed by atoms with E-state index in [0.29, 0.717) is 0 Å². The monoisotopic (exact) mass is 334 g/mol. The number of aryl methyl sites for hydroxylation is 1. The average molecular weight is 334 g/mol. The van der Waals surface area contributed by atoms with E-state index in [4.69, 9.17) is 0 Å². The Hall–Kier alpha value is -2.11. The molecule has 0 bridgehead atoms. The van der Waals surface area contributed by atoms with Crippen molar-refractivity contribution < 1.29 is 4.57 Å². The first-order chi connectivity index (χ1) is 11.7. The van der Waals surface area contributed by atoms with Crippen molar-refractivity contribution in [3.8, 4) is 0 Å². The lowest BCUT2D eigenvalue weighted by molar-refractivity contribution is 0.581. The summed E-state index contributed by atoms with van der Waals surface area (Å²) in [5.74, 6) is 0. The molecule has 0 heterocycles. The van der Waals surface area contributed by atoms with Gasteiger partial charge in [0.05, 0.1) is 0 Å². The first kappa shape index (κ1) is 16.7. The van der Waals surface area contributed by atoms with Crippen LogP contribution in [-0.2, 0) is 11.0 Å². The van der Waals surface area contributed by atoms with Crippen molar-refractivity contribution in [1.82, 2.24) is 0 Å². The van der Waals surface area contributed by atoms with Gasteiger partial charge < -0.3 is 4.57 Å². The highest BCUT2D eigenvalue weighted by atomic mass is 31.2. The zero-order valence-corrected chi connectivity index (χ0v) is 15.1. The van der Waals surface area contributed by atoms with Gasteiger partial charge >= 0.3 is 0 Å². The van der Waals surface area contributed by atoms with E-state index in [1.165, 1.54) is 5.56 Å². The quantitative estimate of drug-likeness (QED) is 0.577. The Morgan fingerprint density at radius 3 is 1.62 bits per heavy atom. The fraction of sp³-hybridized carbons (Fsp3) is 0.182. The molecule has 0 aromatic heterocycles. The summed E-state index contributed by atoms with van der Waals surface area (Å²) in [6, 6.07) is 28.3. The van der Waals surface area contributed by atoms with Crippen LogP contribution >= 0.6 is 7.14 Å². The molecule has 0 amide bonds. The molecule has 0 aliphatic carbocycles. The summed E-state index contributed by atoms with van der Waals surface area (Å²) < 4.78 is 14.3. The van der Waals surface area contributed by atoms with Crippen molar-refractivity contribution in [2.24, 2.45) is 0 Å². The predicted octanol–water partition coefficient (Wildman–Crippen LogP) is 5.32. The van der Waals surface area contributed by atoms with Crippen LogP contribution in [0.25, 0.3) is 0 Å². The van der Waals surface area contributed by atoms with Gasteiger partial charge in [0.15, 0.2) is 0 Å². The molecule has 0 radical (unpaired) electrons. The van der Waals surface area contributed by atoms with Crippen LogP contribution in [-0.4, -0.2) is 0 Å². The van der Waals surface area contributed by atoms with E-state index in [1.807, 2.05) is 60.7 Å². The summed E-state index contributed by atoms with van der Waals surface area (Å²) >= 11 is 0. The number of rotatable bonds is 5. The molecule has 0 saturated heterocycles. The van der Waals surface area contributed by atoms with E-state index in [1.54, 1.807) is 0 Å². The molecule has 3 aromatic rings. The van der Waals surface area contributed by atoms with Crippen LogP contribution in [0.4, 0.5) is 0 Å². The molecule has 24 heavy (non-hydrogen) atoms. The van der Waals surface area contributed by atoms with Gasteiger partial charge in [-0.2, -0.15) is 0 Å². The SMILES string of the molecule is CCc1ccc(C(C)P(=O)(c2ccccc2)c2ccccc2)cc1. The van der Waals surface area contributed by atoms with Gasteiger partial charge in [-0.3, -0.25) is 0 Å². The molecular formula is C22H23OP. The molecule has 0 N–H and O–H groups in total.